The molecule has 1 aliphatic carbocycles. The van der Waals surface area contributed by atoms with Crippen LogP contribution in [0.4, 0.5) is 10.1 Å². The van der Waals surface area contributed by atoms with Crippen molar-refractivity contribution in [1.82, 2.24) is 19.9 Å². The number of pyridine rings is 2. The summed E-state index contributed by atoms with van der Waals surface area (Å²) < 4.78 is 26.3. The van der Waals surface area contributed by atoms with Crippen molar-refractivity contribution in [2.24, 2.45) is 0 Å². The molecule has 5 rings (SSSR count). The number of nitrogens with zero attached hydrogens (tertiary/aromatic N) is 4. The molecule has 9 heteroatoms. The molecule has 0 aliphatic heterocycles. The van der Waals surface area contributed by atoms with Gasteiger partial charge >= 0.3 is 0 Å². The minimum atomic E-state index is -0.945. The Morgan fingerprint density at radius 2 is 2.00 bits per heavy atom. The third-order valence-corrected chi connectivity index (χ3v) is 8.67. The van der Waals surface area contributed by atoms with Gasteiger partial charge in [0.1, 0.15) is 27.9 Å². The maximum absolute atomic E-state index is 14.7. The molecule has 0 amide bonds. The van der Waals surface area contributed by atoms with Gasteiger partial charge in [-0.25, -0.2) is 19.3 Å². The van der Waals surface area contributed by atoms with Crippen molar-refractivity contribution in [2.45, 2.75) is 35.6 Å². The number of halogens is 1. The van der Waals surface area contributed by atoms with Gasteiger partial charge in [0.15, 0.2) is 16.4 Å². The van der Waals surface area contributed by atoms with Crippen molar-refractivity contribution in [2.75, 3.05) is 5.73 Å². The average molecular weight is 441 g/mol. The standard InChI is InChI=1S/C21H19FN5OS2/c1-11-25-9-12(10-26-11)16-8-14(19-15(22)6-3-7-24-19)17-18(23)21(29-20(17)27-16)30(28)13-4-2-5-13/h3,6-10,13,28H,2,4-5,23H2,1H3/q+1. The molecule has 152 valence electrons. The topological polar surface area (TPSA) is 97.8 Å². The number of anilines is 1. The number of hydrogen-bond acceptors (Lipinski definition) is 7. The summed E-state index contributed by atoms with van der Waals surface area (Å²) in [5.41, 5.74) is 9.05. The molecule has 3 N–H and O–H groups in total. The van der Waals surface area contributed by atoms with Gasteiger partial charge in [0.05, 0.1) is 5.69 Å². The molecule has 30 heavy (non-hydrogen) atoms. The van der Waals surface area contributed by atoms with Gasteiger partial charge in [-0.1, -0.05) is 11.3 Å². The van der Waals surface area contributed by atoms with Gasteiger partial charge in [-0.2, -0.15) is 4.55 Å². The second-order valence-corrected chi connectivity index (χ2v) is 10.2. The van der Waals surface area contributed by atoms with Crippen molar-refractivity contribution in [3.05, 3.63) is 48.4 Å². The Morgan fingerprint density at radius 3 is 2.67 bits per heavy atom. The number of aryl methyl sites for hydroxylation is 1. The number of aromatic nitrogens is 4. The summed E-state index contributed by atoms with van der Waals surface area (Å²) in [6.45, 7) is 1.81. The van der Waals surface area contributed by atoms with Crippen LogP contribution in [0.15, 0.2) is 41.0 Å². The minimum absolute atomic E-state index is 0.205. The van der Waals surface area contributed by atoms with E-state index in [0.717, 1.165) is 29.0 Å². The molecule has 0 bridgehead atoms. The molecule has 4 aromatic heterocycles. The predicted molar refractivity (Wildman–Crippen MR) is 119 cm³/mol. The summed E-state index contributed by atoms with van der Waals surface area (Å²) in [7, 11) is 0. The minimum Gasteiger partial charge on any atom is -0.393 e. The third kappa shape index (κ3) is 3.23. The molecule has 1 unspecified atom stereocenters. The van der Waals surface area contributed by atoms with E-state index in [1.807, 2.05) is 6.92 Å². The summed E-state index contributed by atoms with van der Waals surface area (Å²) in [4.78, 5) is 18.2. The van der Waals surface area contributed by atoms with Crippen molar-refractivity contribution >= 4 is 38.4 Å². The number of thiophene rings is 1. The number of nitrogen functional groups attached to an aromatic ring is 1. The van der Waals surface area contributed by atoms with Gasteiger partial charge in [0, 0.05) is 35.1 Å². The monoisotopic (exact) mass is 440 g/mol. The van der Waals surface area contributed by atoms with Crippen LogP contribution in [0.1, 0.15) is 25.1 Å². The highest BCUT2D eigenvalue weighted by Crippen LogP contribution is 2.45. The molecule has 4 aromatic rings. The van der Waals surface area contributed by atoms with Gasteiger partial charge in [-0.15, -0.1) is 0 Å². The van der Waals surface area contributed by atoms with Gasteiger partial charge in [-0.05, 0) is 44.4 Å². The molecule has 1 fully saturated rings. The first-order valence-electron chi connectivity index (χ1n) is 9.58. The van der Waals surface area contributed by atoms with Crippen LogP contribution in [0, 0.1) is 12.7 Å². The Balaban J connectivity index is 1.76. The Morgan fingerprint density at radius 1 is 1.23 bits per heavy atom. The van der Waals surface area contributed by atoms with Crippen LogP contribution in [0.2, 0.25) is 0 Å². The van der Waals surface area contributed by atoms with E-state index in [1.54, 1.807) is 30.7 Å². The molecule has 1 atom stereocenters. The number of rotatable bonds is 4. The third-order valence-electron chi connectivity index (χ3n) is 5.31. The highest BCUT2D eigenvalue weighted by Gasteiger charge is 2.41. The fourth-order valence-corrected chi connectivity index (χ4v) is 6.69. The Labute approximate surface area is 179 Å². The summed E-state index contributed by atoms with van der Waals surface area (Å²) in [6, 6.07) is 4.70. The van der Waals surface area contributed by atoms with Crippen LogP contribution in [0.5, 0.6) is 0 Å². The lowest BCUT2D eigenvalue weighted by Gasteiger charge is -2.19. The lowest BCUT2D eigenvalue weighted by atomic mass is 10.00. The molecule has 0 aromatic carbocycles. The SMILES string of the molecule is Cc1ncc(-c2cc(-c3ncccc3F)c3c(N)c([S+](O)C4CCC4)sc3n2)cn1. The zero-order valence-electron chi connectivity index (χ0n) is 16.2. The number of fused-ring (bicyclic) bond motifs is 1. The van der Waals surface area contributed by atoms with E-state index in [1.165, 1.54) is 17.4 Å². The van der Waals surface area contributed by atoms with E-state index in [2.05, 4.69) is 15.0 Å². The zero-order valence-corrected chi connectivity index (χ0v) is 17.8. The maximum atomic E-state index is 14.7. The number of nitrogens with two attached hydrogens (primary N) is 1. The van der Waals surface area contributed by atoms with Crippen LogP contribution in [0.25, 0.3) is 32.7 Å². The summed E-state index contributed by atoms with van der Waals surface area (Å²) in [6.07, 6.45) is 8.05. The summed E-state index contributed by atoms with van der Waals surface area (Å²) in [5.74, 6) is 0.216. The quantitative estimate of drug-likeness (QED) is 0.440. The maximum Gasteiger partial charge on any atom is 0.269 e. The van der Waals surface area contributed by atoms with Gasteiger partial charge < -0.3 is 5.73 Å². The van der Waals surface area contributed by atoms with E-state index in [9.17, 15) is 8.94 Å². The van der Waals surface area contributed by atoms with E-state index >= 15 is 0 Å². The molecule has 1 saturated carbocycles. The van der Waals surface area contributed by atoms with E-state index in [-0.39, 0.29) is 10.9 Å². The van der Waals surface area contributed by atoms with Crippen LogP contribution in [-0.2, 0) is 11.2 Å². The first-order valence-corrected chi connectivity index (χ1v) is 11.6. The van der Waals surface area contributed by atoms with Crippen LogP contribution < -0.4 is 5.73 Å². The second-order valence-electron chi connectivity index (χ2n) is 7.26. The molecule has 4 heterocycles. The highest BCUT2D eigenvalue weighted by molar-refractivity contribution is 7.94. The first-order chi connectivity index (χ1) is 14.5. The Hall–Kier alpha value is -2.62. The van der Waals surface area contributed by atoms with E-state index < -0.39 is 17.0 Å². The Kier molecular flexibility index (Phi) is 4.88. The molecule has 0 saturated heterocycles. The lowest BCUT2D eigenvalue weighted by Crippen LogP contribution is -2.28. The van der Waals surface area contributed by atoms with Gasteiger partial charge in [0.25, 0.3) is 4.21 Å². The van der Waals surface area contributed by atoms with Crippen molar-refractivity contribution < 1.29 is 8.94 Å². The van der Waals surface area contributed by atoms with Crippen molar-refractivity contribution in [1.29, 1.82) is 0 Å². The van der Waals surface area contributed by atoms with Crippen LogP contribution in [-0.4, -0.2) is 29.7 Å². The molecule has 1 aliphatic rings. The zero-order chi connectivity index (χ0) is 20.8. The summed E-state index contributed by atoms with van der Waals surface area (Å²) >= 11 is 0.426. The summed E-state index contributed by atoms with van der Waals surface area (Å²) in [5, 5.41) is 0.871. The highest BCUT2D eigenvalue weighted by atomic mass is 32.2. The largest absolute Gasteiger partial charge is 0.393 e. The van der Waals surface area contributed by atoms with Crippen LogP contribution >= 0.6 is 11.3 Å². The Bertz CT molecular complexity index is 1240. The second kappa shape index (κ2) is 7.57. The fraction of sp³-hybridized carbons (Fsp3) is 0.238. The predicted octanol–water partition coefficient (Wildman–Crippen LogP) is 4.85. The van der Waals surface area contributed by atoms with E-state index in [0.29, 0.717) is 33.0 Å². The number of hydrogen-bond donors (Lipinski definition) is 2. The molecular formula is C21H19FN5OS2+. The smallest absolute Gasteiger partial charge is 0.269 e. The average Bonchev–Trinajstić information content (AvgIpc) is 3.04. The van der Waals surface area contributed by atoms with Gasteiger partial charge in [-0.3, -0.25) is 4.98 Å². The molecular weight excluding hydrogens is 421 g/mol. The normalized spacial score (nSPS) is 15.3. The fourth-order valence-electron chi connectivity index (χ4n) is 3.44. The molecule has 0 radical (unpaired) electrons. The lowest BCUT2D eigenvalue weighted by molar-refractivity contribution is 0.487. The molecule has 0 spiro atoms. The van der Waals surface area contributed by atoms with Crippen molar-refractivity contribution in [3.63, 3.8) is 0 Å². The molecule has 6 nitrogen and oxygen atoms in total. The van der Waals surface area contributed by atoms with E-state index in [4.69, 9.17) is 10.7 Å². The first kappa shape index (κ1) is 19.3. The van der Waals surface area contributed by atoms with Crippen LogP contribution in [0.3, 0.4) is 0 Å². The van der Waals surface area contributed by atoms with Gasteiger partial charge in [0.2, 0.25) is 0 Å². The van der Waals surface area contributed by atoms with Crippen molar-refractivity contribution in [3.8, 4) is 22.5 Å².